The van der Waals surface area contributed by atoms with Gasteiger partial charge in [0.15, 0.2) is 0 Å². The first-order chi connectivity index (χ1) is 7.74. The molecule has 1 aliphatic rings. The number of aromatic nitrogens is 2. The van der Waals surface area contributed by atoms with Crippen LogP contribution >= 0.6 is 23.1 Å². The molecule has 0 atom stereocenters. The van der Waals surface area contributed by atoms with E-state index in [1.54, 1.807) is 0 Å². The molecule has 0 bridgehead atoms. The molecule has 2 rings (SSSR count). The van der Waals surface area contributed by atoms with Gasteiger partial charge in [0.2, 0.25) is 0 Å². The van der Waals surface area contributed by atoms with Gasteiger partial charge >= 0.3 is 0 Å². The van der Waals surface area contributed by atoms with Crippen LogP contribution in [0.3, 0.4) is 0 Å². The second-order valence-electron chi connectivity index (χ2n) is 3.96. The first kappa shape index (κ1) is 11.8. The number of carbonyl (C=O) groups is 1. The summed E-state index contributed by atoms with van der Waals surface area (Å²) in [7, 11) is 0. The molecular weight excluding hydrogens is 246 g/mol. The number of alkyl halides is 1. The second kappa shape index (κ2) is 5.10. The topological polar surface area (TPSA) is 46.1 Å². The van der Waals surface area contributed by atoms with Gasteiger partial charge in [-0.2, -0.15) is 0 Å². The minimum Gasteiger partial charge on any atom is -0.334 e. The van der Waals surface area contributed by atoms with E-state index < -0.39 is 0 Å². The average molecular weight is 260 g/mol. The zero-order chi connectivity index (χ0) is 11.5. The zero-order valence-electron chi connectivity index (χ0n) is 9.15. The van der Waals surface area contributed by atoms with Crippen molar-refractivity contribution in [2.24, 2.45) is 0 Å². The number of hydrogen-bond donors (Lipinski definition) is 0. The molecule has 1 fully saturated rings. The Labute approximate surface area is 104 Å². The van der Waals surface area contributed by atoms with Crippen LogP contribution in [0, 0.1) is 6.92 Å². The third-order valence-corrected chi connectivity index (χ3v) is 3.93. The summed E-state index contributed by atoms with van der Waals surface area (Å²) < 4.78 is 3.80. The van der Waals surface area contributed by atoms with E-state index in [4.69, 9.17) is 11.6 Å². The molecule has 1 amide bonds. The molecular formula is C10H14ClN3OS. The minimum absolute atomic E-state index is 0.0397. The van der Waals surface area contributed by atoms with E-state index in [0.29, 0.717) is 29.0 Å². The molecule has 0 aromatic carbocycles. The summed E-state index contributed by atoms with van der Waals surface area (Å²) >= 11 is 6.91. The number of halogens is 1. The molecule has 1 aromatic rings. The van der Waals surface area contributed by atoms with E-state index in [2.05, 4.69) is 9.59 Å². The van der Waals surface area contributed by atoms with E-state index in [1.807, 2.05) is 11.8 Å². The Morgan fingerprint density at radius 3 is 2.81 bits per heavy atom. The van der Waals surface area contributed by atoms with E-state index in [1.165, 1.54) is 18.0 Å². The van der Waals surface area contributed by atoms with Gasteiger partial charge in [-0.25, -0.2) is 0 Å². The normalized spacial score (nSPS) is 15.9. The molecule has 0 radical (unpaired) electrons. The standard InChI is InChI=1S/C10H14ClN3OS/c1-7-9(16-13-12-7)10(15)14(6-5-11)8-3-2-4-8/h8H,2-6H2,1H3. The highest BCUT2D eigenvalue weighted by molar-refractivity contribution is 7.07. The largest absolute Gasteiger partial charge is 0.334 e. The highest BCUT2D eigenvalue weighted by Crippen LogP contribution is 2.27. The summed E-state index contributed by atoms with van der Waals surface area (Å²) in [4.78, 5) is 14.8. The Hall–Kier alpha value is -0.680. The van der Waals surface area contributed by atoms with Crippen LogP contribution in [0.15, 0.2) is 0 Å². The molecule has 1 aliphatic carbocycles. The van der Waals surface area contributed by atoms with Crippen LogP contribution in [0.4, 0.5) is 0 Å². The SMILES string of the molecule is Cc1nnsc1C(=O)N(CCCl)C1CCC1. The third kappa shape index (κ3) is 2.20. The van der Waals surface area contributed by atoms with Crippen LogP contribution < -0.4 is 0 Å². The number of amides is 1. The summed E-state index contributed by atoms with van der Waals surface area (Å²) in [5.74, 6) is 0.519. The maximum atomic E-state index is 12.2. The van der Waals surface area contributed by atoms with Gasteiger partial charge in [-0.15, -0.1) is 16.7 Å². The van der Waals surface area contributed by atoms with Crippen molar-refractivity contribution in [2.75, 3.05) is 12.4 Å². The van der Waals surface area contributed by atoms with Crippen molar-refractivity contribution in [3.05, 3.63) is 10.6 Å². The Bertz CT molecular complexity index is 378. The number of rotatable bonds is 4. The molecule has 1 heterocycles. The van der Waals surface area contributed by atoms with Crippen molar-refractivity contribution in [3.63, 3.8) is 0 Å². The van der Waals surface area contributed by atoms with Gasteiger partial charge < -0.3 is 4.90 Å². The number of aryl methyl sites for hydroxylation is 1. The number of nitrogens with zero attached hydrogens (tertiary/aromatic N) is 3. The first-order valence-electron chi connectivity index (χ1n) is 5.40. The lowest BCUT2D eigenvalue weighted by molar-refractivity contribution is 0.0602. The van der Waals surface area contributed by atoms with E-state index >= 15 is 0 Å². The highest BCUT2D eigenvalue weighted by Gasteiger charge is 2.30. The highest BCUT2D eigenvalue weighted by atomic mass is 35.5. The van der Waals surface area contributed by atoms with E-state index in [0.717, 1.165) is 12.8 Å². The van der Waals surface area contributed by atoms with Crippen molar-refractivity contribution in [3.8, 4) is 0 Å². The molecule has 0 N–H and O–H groups in total. The fourth-order valence-electron chi connectivity index (χ4n) is 1.80. The quantitative estimate of drug-likeness (QED) is 0.778. The molecule has 0 spiro atoms. The summed E-state index contributed by atoms with van der Waals surface area (Å²) in [6, 6.07) is 0.368. The molecule has 1 saturated carbocycles. The van der Waals surface area contributed by atoms with Gasteiger partial charge in [0.1, 0.15) is 4.88 Å². The Morgan fingerprint density at radius 2 is 2.38 bits per heavy atom. The lowest BCUT2D eigenvalue weighted by Gasteiger charge is -2.37. The summed E-state index contributed by atoms with van der Waals surface area (Å²) in [6.45, 7) is 2.43. The molecule has 0 saturated heterocycles. The van der Waals surface area contributed by atoms with Crippen molar-refractivity contribution in [1.29, 1.82) is 0 Å². The van der Waals surface area contributed by atoms with Crippen LogP contribution in [0.5, 0.6) is 0 Å². The van der Waals surface area contributed by atoms with E-state index in [9.17, 15) is 4.79 Å². The van der Waals surface area contributed by atoms with Crippen molar-refractivity contribution >= 4 is 29.0 Å². The average Bonchev–Trinajstić information content (AvgIpc) is 2.60. The van der Waals surface area contributed by atoms with Gasteiger partial charge in [-0.3, -0.25) is 4.79 Å². The van der Waals surface area contributed by atoms with Gasteiger partial charge in [0.25, 0.3) is 5.91 Å². The van der Waals surface area contributed by atoms with Crippen LogP contribution in [-0.2, 0) is 0 Å². The maximum absolute atomic E-state index is 12.2. The third-order valence-electron chi connectivity index (χ3n) is 2.95. The fraction of sp³-hybridized carbons (Fsp3) is 0.700. The predicted molar refractivity (Wildman–Crippen MR) is 64.0 cm³/mol. The monoisotopic (exact) mass is 259 g/mol. The Morgan fingerprint density at radius 1 is 1.62 bits per heavy atom. The van der Waals surface area contributed by atoms with E-state index in [-0.39, 0.29) is 5.91 Å². The lowest BCUT2D eigenvalue weighted by Crippen LogP contribution is -2.45. The van der Waals surface area contributed by atoms with Crippen LogP contribution in [-0.4, -0.2) is 38.9 Å². The number of hydrogen-bond acceptors (Lipinski definition) is 4. The minimum atomic E-state index is 0.0397. The van der Waals surface area contributed by atoms with Gasteiger partial charge in [0, 0.05) is 18.5 Å². The molecule has 6 heteroatoms. The van der Waals surface area contributed by atoms with Crippen molar-refractivity contribution in [1.82, 2.24) is 14.5 Å². The predicted octanol–water partition coefficient (Wildman–Crippen LogP) is 2.08. The zero-order valence-corrected chi connectivity index (χ0v) is 10.7. The summed E-state index contributed by atoms with van der Waals surface area (Å²) in [5, 5.41) is 3.87. The molecule has 0 aliphatic heterocycles. The first-order valence-corrected chi connectivity index (χ1v) is 6.70. The maximum Gasteiger partial charge on any atom is 0.267 e. The Kier molecular flexibility index (Phi) is 3.76. The second-order valence-corrected chi connectivity index (χ2v) is 5.09. The lowest BCUT2D eigenvalue weighted by atomic mass is 9.91. The smallest absolute Gasteiger partial charge is 0.267 e. The number of carbonyl (C=O) groups excluding carboxylic acids is 1. The Balaban J connectivity index is 2.13. The summed E-state index contributed by atoms with van der Waals surface area (Å²) in [5.41, 5.74) is 0.717. The molecule has 1 aromatic heterocycles. The van der Waals surface area contributed by atoms with Crippen molar-refractivity contribution in [2.45, 2.75) is 32.2 Å². The molecule has 88 valence electrons. The fourth-order valence-corrected chi connectivity index (χ4v) is 2.59. The van der Waals surface area contributed by atoms with Crippen LogP contribution in [0.2, 0.25) is 0 Å². The molecule has 0 unspecified atom stereocenters. The van der Waals surface area contributed by atoms with Crippen LogP contribution in [0.1, 0.15) is 34.6 Å². The molecule has 16 heavy (non-hydrogen) atoms. The van der Waals surface area contributed by atoms with Crippen molar-refractivity contribution < 1.29 is 4.79 Å². The van der Waals surface area contributed by atoms with Gasteiger partial charge in [0.05, 0.1) is 5.69 Å². The summed E-state index contributed by atoms with van der Waals surface area (Å²) in [6.07, 6.45) is 3.39. The van der Waals surface area contributed by atoms with Crippen LogP contribution in [0.25, 0.3) is 0 Å². The molecule has 4 nitrogen and oxygen atoms in total. The van der Waals surface area contributed by atoms with Gasteiger partial charge in [-0.1, -0.05) is 4.49 Å². The van der Waals surface area contributed by atoms with Gasteiger partial charge in [-0.05, 0) is 37.7 Å².